The van der Waals surface area contributed by atoms with Gasteiger partial charge in [0, 0.05) is 19.2 Å². The highest BCUT2D eigenvalue weighted by molar-refractivity contribution is 5.94. The van der Waals surface area contributed by atoms with E-state index in [1.165, 1.54) is 0 Å². The second kappa shape index (κ2) is 5.80. The van der Waals surface area contributed by atoms with E-state index >= 15 is 0 Å². The van der Waals surface area contributed by atoms with Gasteiger partial charge in [0.25, 0.3) is 5.91 Å². The lowest BCUT2D eigenvalue weighted by Gasteiger charge is -2.31. The summed E-state index contributed by atoms with van der Waals surface area (Å²) < 4.78 is 5.36. The Balaban J connectivity index is 1.98. The fourth-order valence-corrected chi connectivity index (χ4v) is 2.08. The zero-order valence-electron chi connectivity index (χ0n) is 9.98. The van der Waals surface area contributed by atoms with Crippen LogP contribution in [0.1, 0.15) is 16.8 Å². The van der Waals surface area contributed by atoms with Crippen molar-refractivity contribution in [1.82, 2.24) is 10.6 Å². The zero-order valence-corrected chi connectivity index (χ0v) is 9.98. The number of hydrogen-bond donors (Lipinski definition) is 2. The van der Waals surface area contributed by atoms with Gasteiger partial charge in [-0.3, -0.25) is 4.79 Å². The first-order valence-electron chi connectivity index (χ1n) is 5.90. The summed E-state index contributed by atoms with van der Waals surface area (Å²) in [5.74, 6) is -0.0282. The van der Waals surface area contributed by atoms with E-state index in [0.717, 1.165) is 19.5 Å². The lowest BCUT2D eigenvalue weighted by molar-refractivity contribution is 0.0476. The van der Waals surface area contributed by atoms with Gasteiger partial charge in [-0.15, -0.1) is 0 Å². The van der Waals surface area contributed by atoms with E-state index in [0.29, 0.717) is 5.56 Å². The molecule has 2 N–H and O–H groups in total. The van der Waals surface area contributed by atoms with Crippen molar-refractivity contribution in [3.63, 3.8) is 0 Å². The second-order valence-electron chi connectivity index (χ2n) is 4.21. The maximum atomic E-state index is 12.0. The predicted octanol–water partition coefficient (Wildman–Crippen LogP) is 0.793. The molecule has 0 saturated carbocycles. The van der Waals surface area contributed by atoms with Crippen LogP contribution in [0.4, 0.5) is 0 Å². The lowest BCUT2D eigenvalue weighted by atomic mass is 10.0. The van der Waals surface area contributed by atoms with Gasteiger partial charge in [0.2, 0.25) is 0 Å². The number of amides is 1. The standard InChI is InChI=1S/C13H18N2O2/c1-17-12-9-14-8-7-11(12)15-13(16)10-5-3-2-4-6-10/h2-6,11-12,14H,7-9H2,1H3,(H,15,16). The molecule has 0 aromatic heterocycles. The second-order valence-corrected chi connectivity index (χ2v) is 4.21. The molecular formula is C13H18N2O2. The van der Waals surface area contributed by atoms with E-state index in [4.69, 9.17) is 4.74 Å². The third-order valence-electron chi connectivity index (χ3n) is 3.08. The summed E-state index contributed by atoms with van der Waals surface area (Å²) in [5, 5.41) is 6.28. The van der Waals surface area contributed by atoms with Crippen molar-refractivity contribution in [2.45, 2.75) is 18.6 Å². The van der Waals surface area contributed by atoms with Crippen molar-refractivity contribution in [2.75, 3.05) is 20.2 Å². The van der Waals surface area contributed by atoms with Gasteiger partial charge in [0.05, 0.1) is 12.1 Å². The smallest absolute Gasteiger partial charge is 0.251 e. The van der Waals surface area contributed by atoms with Crippen LogP contribution < -0.4 is 10.6 Å². The first kappa shape index (κ1) is 12.1. The van der Waals surface area contributed by atoms with Crippen molar-refractivity contribution in [2.24, 2.45) is 0 Å². The highest BCUT2D eigenvalue weighted by atomic mass is 16.5. The summed E-state index contributed by atoms with van der Waals surface area (Å²) in [6, 6.07) is 9.36. The Kier molecular flexibility index (Phi) is 4.12. The van der Waals surface area contributed by atoms with Crippen molar-refractivity contribution in [1.29, 1.82) is 0 Å². The van der Waals surface area contributed by atoms with Gasteiger partial charge >= 0.3 is 0 Å². The Morgan fingerprint density at radius 3 is 2.88 bits per heavy atom. The third-order valence-corrected chi connectivity index (χ3v) is 3.08. The third kappa shape index (κ3) is 3.05. The van der Waals surface area contributed by atoms with Crippen molar-refractivity contribution >= 4 is 5.91 Å². The van der Waals surface area contributed by atoms with Crippen LogP contribution in [-0.2, 0) is 4.74 Å². The van der Waals surface area contributed by atoms with Crippen LogP contribution in [0.2, 0.25) is 0 Å². The summed E-state index contributed by atoms with van der Waals surface area (Å²) in [4.78, 5) is 12.0. The number of benzene rings is 1. The van der Waals surface area contributed by atoms with Crippen LogP contribution in [-0.4, -0.2) is 38.3 Å². The van der Waals surface area contributed by atoms with Crippen LogP contribution >= 0.6 is 0 Å². The summed E-state index contributed by atoms with van der Waals surface area (Å²) in [6.45, 7) is 1.70. The van der Waals surface area contributed by atoms with E-state index in [1.54, 1.807) is 7.11 Å². The molecule has 0 radical (unpaired) electrons. The molecule has 1 amide bonds. The van der Waals surface area contributed by atoms with E-state index in [2.05, 4.69) is 10.6 Å². The number of carbonyl (C=O) groups is 1. The molecular weight excluding hydrogens is 216 g/mol. The number of hydrogen-bond acceptors (Lipinski definition) is 3. The minimum absolute atomic E-state index is 0.0282. The molecule has 2 unspecified atom stereocenters. The topological polar surface area (TPSA) is 50.4 Å². The van der Waals surface area contributed by atoms with E-state index < -0.39 is 0 Å². The molecule has 4 nitrogen and oxygen atoms in total. The fourth-order valence-electron chi connectivity index (χ4n) is 2.08. The van der Waals surface area contributed by atoms with Crippen molar-refractivity contribution in [3.05, 3.63) is 35.9 Å². The van der Waals surface area contributed by atoms with Crippen molar-refractivity contribution in [3.8, 4) is 0 Å². The number of ether oxygens (including phenoxy) is 1. The van der Waals surface area contributed by atoms with Crippen LogP contribution in [0.25, 0.3) is 0 Å². The zero-order chi connectivity index (χ0) is 12.1. The molecule has 17 heavy (non-hydrogen) atoms. The molecule has 1 aliphatic heterocycles. The lowest BCUT2D eigenvalue weighted by Crippen LogP contribution is -2.53. The molecule has 4 heteroatoms. The van der Waals surface area contributed by atoms with E-state index in [1.807, 2.05) is 30.3 Å². The van der Waals surface area contributed by atoms with Crippen LogP contribution in [0.3, 0.4) is 0 Å². The highest BCUT2D eigenvalue weighted by Crippen LogP contribution is 2.08. The SMILES string of the molecule is COC1CNCCC1NC(=O)c1ccccc1. The average molecular weight is 234 g/mol. The van der Waals surface area contributed by atoms with Crippen LogP contribution in [0.15, 0.2) is 30.3 Å². The fraction of sp³-hybridized carbons (Fsp3) is 0.462. The Labute approximate surface area is 101 Å². The monoisotopic (exact) mass is 234 g/mol. The molecule has 0 spiro atoms. The quantitative estimate of drug-likeness (QED) is 0.813. The predicted molar refractivity (Wildman–Crippen MR) is 66.0 cm³/mol. The summed E-state index contributed by atoms with van der Waals surface area (Å²) in [7, 11) is 1.68. The molecule has 2 rings (SSSR count). The molecule has 0 aliphatic carbocycles. The molecule has 1 saturated heterocycles. The average Bonchev–Trinajstić information content (AvgIpc) is 2.40. The first-order chi connectivity index (χ1) is 8.31. The summed E-state index contributed by atoms with van der Waals surface area (Å²) >= 11 is 0. The molecule has 1 aliphatic rings. The Morgan fingerprint density at radius 1 is 1.41 bits per heavy atom. The van der Waals surface area contributed by atoms with Gasteiger partial charge < -0.3 is 15.4 Å². The molecule has 0 bridgehead atoms. The maximum absolute atomic E-state index is 12.0. The van der Waals surface area contributed by atoms with Gasteiger partial charge in [-0.2, -0.15) is 0 Å². The molecule has 1 heterocycles. The molecule has 1 aromatic carbocycles. The normalized spacial score (nSPS) is 24.3. The Morgan fingerprint density at radius 2 is 2.18 bits per heavy atom. The van der Waals surface area contributed by atoms with Gasteiger partial charge in [-0.1, -0.05) is 18.2 Å². The van der Waals surface area contributed by atoms with Crippen LogP contribution in [0, 0.1) is 0 Å². The molecule has 1 aromatic rings. The number of carbonyl (C=O) groups excluding carboxylic acids is 1. The minimum atomic E-state index is -0.0282. The van der Waals surface area contributed by atoms with Gasteiger partial charge in [-0.05, 0) is 25.1 Å². The Bertz CT molecular complexity index is 367. The number of nitrogens with one attached hydrogen (secondary N) is 2. The molecule has 2 atom stereocenters. The minimum Gasteiger partial charge on any atom is -0.378 e. The number of rotatable bonds is 3. The van der Waals surface area contributed by atoms with Crippen LogP contribution in [0.5, 0.6) is 0 Å². The number of methoxy groups -OCH3 is 1. The Hall–Kier alpha value is -1.39. The van der Waals surface area contributed by atoms with Gasteiger partial charge in [-0.25, -0.2) is 0 Å². The highest BCUT2D eigenvalue weighted by Gasteiger charge is 2.26. The molecule has 92 valence electrons. The summed E-state index contributed by atoms with van der Waals surface area (Å²) in [6.07, 6.45) is 0.952. The molecule has 1 fully saturated rings. The maximum Gasteiger partial charge on any atom is 0.251 e. The van der Waals surface area contributed by atoms with E-state index in [-0.39, 0.29) is 18.1 Å². The van der Waals surface area contributed by atoms with Crippen molar-refractivity contribution < 1.29 is 9.53 Å². The van der Waals surface area contributed by atoms with Gasteiger partial charge in [0.1, 0.15) is 0 Å². The number of piperidine rings is 1. The van der Waals surface area contributed by atoms with Gasteiger partial charge in [0.15, 0.2) is 0 Å². The summed E-state index contributed by atoms with van der Waals surface area (Å²) in [5.41, 5.74) is 0.695. The van der Waals surface area contributed by atoms with E-state index in [9.17, 15) is 4.79 Å². The largest absolute Gasteiger partial charge is 0.378 e. The first-order valence-corrected chi connectivity index (χ1v) is 5.90.